The SMILES string of the molecule is O=C1C(Cl)C(c2ccccc2[N+](=O)[O-])N1c1ccc(N=Nc2ccccc2)cc1. The van der Waals surface area contributed by atoms with Crippen molar-refractivity contribution < 1.29 is 9.72 Å². The lowest BCUT2D eigenvalue weighted by Gasteiger charge is -2.44. The van der Waals surface area contributed by atoms with Crippen LogP contribution >= 0.6 is 11.6 Å². The molecule has 3 aromatic rings. The number of hydrogen-bond acceptors (Lipinski definition) is 5. The Morgan fingerprint density at radius 3 is 2.10 bits per heavy atom. The largest absolute Gasteiger partial charge is 0.301 e. The van der Waals surface area contributed by atoms with Gasteiger partial charge in [0.15, 0.2) is 0 Å². The van der Waals surface area contributed by atoms with E-state index in [1.165, 1.54) is 11.0 Å². The monoisotopic (exact) mass is 406 g/mol. The summed E-state index contributed by atoms with van der Waals surface area (Å²) >= 11 is 6.22. The van der Waals surface area contributed by atoms with Gasteiger partial charge in [-0.2, -0.15) is 10.2 Å². The van der Waals surface area contributed by atoms with Crippen LogP contribution in [-0.4, -0.2) is 16.2 Å². The molecule has 29 heavy (non-hydrogen) atoms. The molecule has 3 aromatic carbocycles. The van der Waals surface area contributed by atoms with E-state index in [0.717, 1.165) is 5.69 Å². The fraction of sp³-hybridized carbons (Fsp3) is 0.0952. The number of alkyl halides is 1. The van der Waals surface area contributed by atoms with Gasteiger partial charge in [-0.15, -0.1) is 11.6 Å². The zero-order valence-corrected chi connectivity index (χ0v) is 15.8. The molecule has 0 spiro atoms. The van der Waals surface area contributed by atoms with Crippen molar-refractivity contribution >= 4 is 40.3 Å². The fourth-order valence-electron chi connectivity index (χ4n) is 3.23. The van der Waals surface area contributed by atoms with Crippen molar-refractivity contribution in [2.45, 2.75) is 11.4 Å². The van der Waals surface area contributed by atoms with Gasteiger partial charge in [-0.05, 0) is 42.5 Å². The lowest BCUT2D eigenvalue weighted by Crippen LogP contribution is -2.56. The van der Waals surface area contributed by atoms with Crippen LogP contribution in [0.1, 0.15) is 11.6 Å². The molecule has 1 amide bonds. The van der Waals surface area contributed by atoms with Gasteiger partial charge in [0, 0.05) is 11.8 Å². The molecule has 0 saturated carbocycles. The van der Waals surface area contributed by atoms with Crippen molar-refractivity contribution in [3.63, 3.8) is 0 Å². The van der Waals surface area contributed by atoms with Gasteiger partial charge in [0.2, 0.25) is 5.91 Å². The molecule has 1 aliphatic heterocycles. The number of para-hydroxylation sites is 1. The molecule has 0 radical (unpaired) electrons. The summed E-state index contributed by atoms with van der Waals surface area (Å²) in [5.41, 5.74) is 2.29. The zero-order chi connectivity index (χ0) is 20.4. The van der Waals surface area contributed by atoms with Crippen LogP contribution in [0.15, 0.2) is 89.1 Å². The molecule has 1 aliphatic rings. The summed E-state index contributed by atoms with van der Waals surface area (Å²) < 4.78 is 0. The van der Waals surface area contributed by atoms with Crippen LogP contribution in [0.4, 0.5) is 22.7 Å². The first kappa shape index (κ1) is 18.8. The second kappa shape index (κ2) is 7.81. The van der Waals surface area contributed by atoms with Gasteiger partial charge in [0.05, 0.1) is 27.9 Å². The van der Waals surface area contributed by atoms with Gasteiger partial charge in [-0.25, -0.2) is 0 Å². The summed E-state index contributed by atoms with van der Waals surface area (Å²) in [4.78, 5) is 24.8. The van der Waals surface area contributed by atoms with E-state index >= 15 is 0 Å². The molecule has 0 N–H and O–H groups in total. The van der Waals surface area contributed by atoms with Gasteiger partial charge in [-0.1, -0.05) is 30.3 Å². The Balaban J connectivity index is 1.60. The van der Waals surface area contributed by atoms with Crippen molar-refractivity contribution in [1.82, 2.24) is 0 Å². The first-order chi connectivity index (χ1) is 14.1. The molecule has 1 saturated heterocycles. The first-order valence-electron chi connectivity index (χ1n) is 8.83. The predicted molar refractivity (Wildman–Crippen MR) is 110 cm³/mol. The Morgan fingerprint density at radius 2 is 1.45 bits per heavy atom. The van der Waals surface area contributed by atoms with Crippen LogP contribution in [0.5, 0.6) is 0 Å². The first-order valence-corrected chi connectivity index (χ1v) is 9.27. The van der Waals surface area contributed by atoms with Crippen molar-refractivity contribution in [3.05, 3.63) is 94.5 Å². The smallest absolute Gasteiger partial charge is 0.274 e. The average Bonchev–Trinajstić information content (AvgIpc) is 2.76. The summed E-state index contributed by atoms with van der Waals surface area (Å²) in [5, 5.41) is 18.8. The van der Waals surface area contributed by atoms with Crippen LogP contribution in [0.3, 0.4) is 0 Å². The number of nitro groups is 1. The number of hydrogen-bond donors (Lipinski definition) is 0. The van der Waals surface area contributed by atoms with E-state index in [2.05, 4.69) is 10.2 Å². The van der Waals surface area contributed by atoms with Gasteiger partial charge < -0.3 is 4.90 Å². The Morgan fingerprint density at radius 1 is 0.862 bits per heavy atom. The molecule has 2 unspecified atom stereocenters. The molecular weight excluding hydrogens is 392 g/mol. The minimum atomic E-state index is -0.853. The standard InChI is InChI=1S/C21H15ClN4O3/c22-19-20(17-8-4-5-9-18(17)26(28)29)25(21(19)27)16-12-10-15(11-13-16)24-23-14-6-2-1-3-7-14/h1-13,19-20H. The van der Waals surface area contributed by atoms with E-state index in [4.69, 9.17) is 11.6 Å². The Bertz CT molecular complexity index is 1090. The summed E-state index contributed by atoms with van der Waals surface area (Å²) in [6, 6.07) is 21.9. The number of nitro benzene ring substituents is 1. The highest BCUT2D eigenvalue weighted by atomic mass is 35.5. The highest BCUT2D eigenvalue weighted by Crippen LogP contribution is 2.45. The van der Waals surface area contributed by atoms with E-state index in [0.29, 0.717) is 16.9 Å². The molecule has 1 fully saturated rings. The highest BCUT2D eigenvalue weighted by Gasteiger charge is 2.50. The lowest BCUT2D eigenvalue weighted by molar-refractivity contribution is -0.385. The van der Waals surface area contributed by atoms with Crippen LogP contribution < -0.4 is 4.90 Å². The van der Waals surface area contributed by atoms with Crippen LogP contribution in [-0.2, 0) is 4.79 Å². The number of β-lactam (4-membered cyclic amide) rings is 1. The van der Waals surface area contributed by atoms with Gasteiger partial charge >= 0.3 is 0 Å². The van der Waals surface area contributed by atoms with Gasteiger partial charge in [-0.3, -0.25) is 14.9 Å². The maximum Gasteiger partial charge on any atom is 0.274 e. The topological polar surface area (TPSA) is 88.2 Å². The minimum absolute atomic E-state index is 0.0612. The number of azo groups is 1. The maximum absolute atomic E-state index is 12.4. The average molecular weight is 407 g/mol. The molecule has 2 atom stereocenters. The highest BCUT2D eigenvalue weighted by molar-refractivity contribution is 6.37. The Labute approximate surface area is 171 Å². The summed E-state index contributed by atoms with van der Waals surface area (Å²) in [7, 11) is 0. The Kier molecular flexibility index (Phi) is 5.05. The van der Waals surface area contributed by atoms with Crippen molar-refractivity contribution in [1.29, 1.82) is 0 Å². The van der Waals surface area contributed by atoms with E-state index in [-0.39, 0.29) is 11.6 Å². The third-order valence-corrected chi connectivity index (χ3v) is 5.07. The van der Waals surface area contributed by atoms with Crippen LogP contribution in [0.2, 0.25) is 0 Å². The summed E-state index contributed by atoms with van der Waals surface area (Å²) in [6.45, 7) is 0. The van der Waals surface area contributed by atoms with E-state index in [9.17, 15) is 14.9 Å². The lowest BCUT2D eigenvalue weighted by atomic mass is 9.91. The number of rotatable bonds is 5. The van der Waals surface area contributed by atoms with Crippen LogP contribution in [0, 0.1) is 10.1 Å². The van der Waals surface area contributed by atoms with Gasteiger partial charge in [0.25, 0.3) is 5.69 Å². The van der Waals surface area contributed by atoms with Crippen molar-refractivity contribution in [2.75, 3.05) is 4.90 Å². The molecule has 7 nitrogen and oxygen atoms in total. The Hall–Kier alpha value is -3.58. The molecule has 1 heterocycles. The van der Waals surface area contributed by atoms with E-state index in [1.54, 1.807) is 42.5 Å². The molecule has 0 aromatic heterocycles. The number of amides is 1. The molecule has 0 bridgehead atoms. The van der Waals surface area contributed by atoms with Crippen molar-refractivity contribution in [3.8, 4) is 0 Å². The molecular formula is C21H15ClN4O3. The van der Waals surface area contributed by atoms with E-state index in [1.807, 2.05) is 30.3 Å². The molecule has 8 heteroatoms. The maximum atomic E-state index is 12.4. The zero-order valence-electron chi connectivity index (χ0n) is 15.1. The molecule has 144 valence electrons. The summed E-state index contributed by atoms with van der Waals surface area (Å²) in [6.07, 6.45) is 0. The summed E-state index contributed by atoms with van der Waals surface area (Å²) in [5.74, 6) is -0.298. The normalized spacial score (nSPS) is 18.7. The molecule has 4 rings (SSSR count). The van der Waals surface area contributed by atoms with E-state index < -0.39 is 16.3 Å². The minimum Gasteiger partial charge on any atom is -0.301 e. The number of benzene rings is 3. The quantitative estimate of drug-likeness (QED) is 0.179. The number of anilines is 1. The number of halogens is 1. The van der Waals surface area contributed by atoms with Crippen molar-refractivity contribution in [2.24, 2.45) is 10.2 Å². The second-order valence-electron chi connectivity index (χ2n) is 6.42. The predicted octanol–water partition coefficient (Wildman–Crippen LogP) is 5.71. The fourth-order valence-corrected chi connectivity index (χ4v) is 3.59. The van der Waals surface area contributed by atoms with Gasteiger partial charge in [0.1, 0.15) is 5.38 Å². The molecule has 0 aliphatic carbocycles. The van der Waals surface area contributed by atoms with Crippen LogP contribution in [0.25, 0.3) is 0 Å². The third kappa shape index (κ3) is 3.60. The number of carbonyl (C=O) groups is 1. The third-order valence-electron chi connectivity index (χ3n) is 4.65. The number of carbonyl (C=O) groups excluding carboxylic acids is 1. The second-order valence-corrected chi connectivity index (χ2v) is 6.89. The number of nitrogens with zero attached hydrogens (tertiary/aromatic N) is 4.